The van der Waals surface area contributed by atoms with Gasteiger partial charge in [-0.2, -0.15) is 10.2 Å². The minimum Gasteiger partial charge on any atom is -0.476 e. The topological polar surface area (TPSA) is 130 Å². The standard InChI is InChI=1S/C10H13N5O4S/c1-5-4-7(15(3)13-5)14-20(18,19)9-6(2)11-12-8(9)10(16)17/h4,14H,1-3H3,(H,11,12)(H,16,17). The molecule has 9 nitrogen and oxygen atoms in total. The van der Waals surface area contributed by atoms with E-state index >= 15 is 0 Å². The summed E-state index contributed by atoms with van der Waals surface area (Å²) in [6, 6.07) is 1.54. The number of aromatic carboxylic acids is 1. The van der Waals surface area contributed by atoms with Gasteiger partial charge in [0.15, 0.2) is 5.69 Å². The molecule has 108 valence electrons. The van der Waals surface area contributed by atoms with Gasteiger partial charge in [-0.05, 0) is 13.8 Å². The molecule has 0 bridgehead atoms. The van der Waals surface area contributed by atoms with E-state index in [0.717, 1.165) is 0 Å². The van der Waals surface area contributed by atoms with Crippen LogP contribution in [-0.2, 0) is 17.1 Å². The normalized spacial score (nSPS) is 11.6. The third kappa shape index (κ3) is 2.37. The molecule has 2 heterocycles. The number of nitrogens with zero attached hydrogens (tertiary/aromatic N) is 3. The maximum Gasteiger partial charge on any atom is 0.357 e. The van der Waals surface area contributed by atoms with E-state index in [1.807, 2.05) is 0 Å². The van der Waals surface area contributed by atoms with Gasteiger partial charge in [-0.15, -0.1) is 0 Å². The van der Waals surface area contributed by atoms with E-state index < -0.39 is 21.7 Å². The molecule has 0 aromatic carbocycles. The van der Waals surface area contributed by atoms with E-state index in [4.69, 9.17) is 5.11 Å². The van der Waals surface area contributed by atoms with Crippen LogP contribution in [0.1, 0.15) is 21.9 Å². The van der Waals surface area contributed by atoms with Gasteiger partial charge in [0.05, 0.1) is 11.4 Å². The monoisotopic (exact) mass is 299 g/mol. The Labute approximate surface area is 114 Å². The number of carboxylic acid groups (broad SMARTS) is 1. The molecule has 0 saturated carbocycles. The Bertz CT molecular complexity index is 774. The van der Waals surface area contributed by atoms with Gasteiger partial charge in [0.1, 0.15) is 10.7 Å². The average Bonchev–Trinajstić information content (AvgIpc) is 2.82. The average molecular weight is 299 g/mol. The Morgan fingerprint density at radius 1 is 1.45 bits per heavy atom. The minimum absolute atomic E-state index is 0.147. The molecule has 0 spiro atoms. The summed E-state index contributed by atoms with van der Waals surface area (Å²) < 4.78 is 28.2. The largest absolute Gasteiger partial charge is 0.476 e. The number of hydrogen-bond acceptors (Lipinski definition) is 5. The quantitative estimate of drug-likeness (QED) is 0.742. The highest BCUT2D eigenvalue weighted by molar-refractivity contribution is 7.92. The maximum atomic E-state index is 12.3. The first-order valence-electron chi connectivity index (χ1n) is 5.54. The zero-order valence-electron chi connectivity index (χ0n) is 11.0. The van der Waals surface area contributed by atoms with Crippen molar-refractivity contribution in [3.8, 4) is 0 Å². The van der Waals surface area contributed by atoms with Crippen LogP contribution in [0.5, 0.6) is 0 Å². The number of aromatic nitrogens is 4. The van der Waals surface area contributed by atoms with Crippen molar-refractivity contribution in [2.45, 2.75) is 18.7 Å². The lowest BCUT2D eigenvalue weighted by Crippen LogP contribution is -2.18. The van der Waals surface area contributed by atoms with Crippen molar-refractivity contribution in [2.24, 2.45) is 7.05 Å². The highest BCUT2D eigenvalue weighted by atomic mass is 32.2. The second kappa shape index (κ2) is 4.63. The Balaban J connectivity index is 2.49. The highest BCUT2D eigenvalue weighted by Gasteiger charge is 2.29. The number of carboxylic acids is 1. The number of aromatic amines is 1. The Kier molecular flexibility index (Phi) is 3.26. The van der Waals surface area contributed by atoms with Crippen molar-refractivity contribution in [1.29, 1.82) is 0 Å². The molecular weight excluding hydrogens is 286 g/mol. The number of anilines is 1. The van der Waals surface area contributed by atoms with Gasteiger partial charge < -0.3 is 5.11 Å². The molecule has 0 saturated heterocycles. The number of carbonyl (C=O) groups is 1. The van der Waals surface area contributed by atoms with Crippen LogP contribution in [0.25, 0.3) is 0 Å². The molecule has 0 radical (unpaired) electrons. The molecule has 3 N–H and O–H groups in total. The Morgan fingerprint density at radius 2 is 2.10 bits per heavy atom. The molecule has 0 aliphatic rings. The first-order valence-corrected chi connectivity index (χ1v) is 7.02. The number of sulfonamides is 1. The van der Waals surface area contributed by atoms with Gasteiger partial charge >= 0.3 is 5.97 Å². The number of nitrogens with one attached hydrogen (secondary N) is 2. The van der Waals surface area contributed by atoms with Crippen molar-refractivity contribution in [1.82, 2.24) is 20.0 Å². The lowest BCUT2D eigenvalue weighted by atomic mass is 10.4. The van der Waals surface area contributed by atoms with Crippen LogP contribution in [0.4, 0.5) is 5.82 Å². The summed E-state index contributed by atoms with van der Waals surface area (Å²) in [7, 11) is -2.50. The van der Waals surface area contributed by atoms with Crippen molar-refractivity contribution >= 4 is 21.8 Å². The van der Waals surface area contributed by atoms with Crippen molar-refractivity contribution in [3.05, 3.63) is 23.1 Å². The third-order valence-electron chi connectivity index (χ3n) is 2.60. The summed E-state index contributed by atoms with van der Waals surface area (Å²) in [5.41, 5.74) is 0.232. The van der Waals surface area contributed by atoms with Gasteiger partial charge in [0, 0.05) is 13.1 Å². The number of H-pyrrole nitrogens is 1. The summed E-state index contributed by atoms with van der Waals surface area (Å²) in [6.07, 6.45) is 0. The summed E-state index contributed by atoms with van der Waals surface area (Å²) in [4.78, 5) is 10.6. The fourth-order valence-corrected chi connectivity index (χ4v) is 3.19. The van der Waals surface area contributed by atoms with Gasteiger partial charge in [0.25, 0.3) is 10.0 Å². The molecule has 2 rings (SSSR count). The van der Waals surface area contributed by atoms with Crippen LogP contribution in [0.2, 0.25) is 0 Å². The van der Waals surface area contributed by atoms with E-state index in [9.17, 15) is 13.2 Å². The van der Waals surface area contributed by atoms with Crippen LogP contribution in [-0.4, -0.2) is 39.5 Å². The Hall–Kier alpha value is -2.36. The second-order valence-electron chi connectivity index (χ2n) is 4.23. The predicted molar refractivity (Wildman–Crippen MR) is 69.0 cm³/mol. The highest BCUT2D eigenvalue weighted by Crippen LogP contribution is 2.21. The zero-order chi connectivity index (χ0) is 15.1. The number of aryl methyl sites for hydroxylation is 3. The van der Waals surface area contributed by atoms with Crippen LogP contribution in [0.15, 0.2) is 11.0 Å². The van der Waals surface area contributed by atoms with Crippen LogP contribution in [0.3, 0.4) is 0 Å². The third-order valence-corrected chi connectivity index (χ3v) is 4.12. The van der Waals surface area contributed by atoms with Gasteiger partial charge in [-0.25, -0.2) is 13.2 Å². The lowest BCUT2D eigenvalue weighted by Gasteiger charge is -2.07. The number of rotatable bonds is 4. The molecular formula is C10H13N5O4S. The molecule has 0 unspecified atom stereocenters. The van der Waals surface area contributed by atoms with E-state index in [0.29, 0.717) is 5.69 Å². The summed E-state index contributed by atoms with van der Waals surface area (Å²) in [5, 5.41) is 18.8. The second-order valence-corrected chi connectivity index (χ2v) is 5.85. The summed E-state index contributed by atoms with van der Waals surface area (Å²) in [6.45, 7) is 3.14. The lowest BCUT2D eigenvalue weighted by molar-refractivity contribution is 0.0686. The first kappa shape index (κ1) is 14.1. The van der Waals surface area contributed by atoms with E-state index in [-0.39, 0.29) is 16.4 Å². The van der Waals surface area contributed by atoms with Crippen LogP contribution in [0, 0.1) is 13.8 Å². The fourth-order valence-electron chi connectivity index (χ4n) is 1.79. The smallest absolute Gasteiger partial charge is 0.357 e. The van der Waals surface area contributed by atoms with Gasteiger partial charge in [-0.3, -0.25) is 14.5 Å². The SMILES string of the molecule is Cc1cc(NS(=O)(=O)c2c(C(=O)O)n[nH]c2C)n(C)n1. The summed E-state index contributed by atoms with van der Waals surface area (Å²) >= 11 is 0. The maximum absolute atomic E-state index is 12.3. The van der Waals surface area contributed by atoms with Crippen molar-refractivity contribution in [2.75, 3.05) is 4.72 Å². The van der Waals surface area contributed by atoms with Crippen LogP contribution >= 0.6 is 0 Å². The molecule has 20 heavy (non-hydrogen) atoms. The molecule has 0 aliphatic carbocycles. The molecule has 10 heteroatoms. The molecule has 0 aliphatic heterocycles. The van der Waals surface area contributed by atoms with Gasteiger partial charge in [-0.1, -0.05) is 0 Å². The van der Waals surface area contributed by atoms with E-state index in [1.54, 1.807) is 14.0 Å². The summed E-state index contributed by atoms with van der Waals surface area (Å²) in [5.74, 6) is -1.18. The van der Waals surface area contributed by atoms with Gasteiger partial charge in [0.2, 0.25) is 0 Å². The molecule has 0 fully saturated rings. The first-order chi connectivity index (χ1) is 9.22. The molecule has 2 aromatic rings. The number of hydrogen-bond donors (Lipinski definition) is 3. The van der Waals surface area contributed by atoms with E-state index in [2.05, 4.69) is 20.0 Å². The fraction of sp³-hybridized carbons (Fsp3) is 0.300. The Morgan fingerprint density at radius 3 is 2.60 bits per heavy atom. The minimum atomic E-state index is -4.07. The van der Waals surface area contributed by atoms with Crippen molar-refractivity contribution < 1.29 is 18.3 Å². The molecule has 2 aromatic heterocycles. The van der Waals surface area contributed by atoms with Crippen molar-refractivity contribution in [3.63, 3.8) is 0 Å². The molecule has 0 atom stereocenters. The molecule has 0 amide bonds. The zero-order valence-corrected chi connectivity index (χ0v) is 11.8. The van der Waals surface area contributed by atoms with Crippen LogP contribution < -0.4 is 4.72 Å². The van der Waals surface area contributed by atoms with E-state index in [1.165, 1.54) is 17.7 Å². The predicted octanol–water partition coefficient (Wildman–Crippen LogP) is 0.259.